The van der Waals surface area contributed by atoms with Crippen molar-refractivity contribution in [3.8, 4) is 0 Å². The van der Waals surface area contributed by atoms with Gasteiger partial charge in [-0.05, 0) is 31.5 Å². The van der Waals surface area contributed by atoms with E-state index in [0.29, 0.717) is 12.3 Å². The summed E-state index contributed by atoms with van der Waals surface area (Å²) in [6.07, 6.45) is 0.636. The molecule has 0 saturated heterocycles. The molecule has 1 unspecified atom stereocenters. The summed E-state index contributed by atoms with van der Waals surface area (Å²) in [7, 11) is 0. The van der Waals surface area contributed by atoms with E-state index >= 15 is 0 Å². The SMILES string of the molecule is CC.CCC(N)=NC(C)(C(C)=O)c1cccc(Br)c1. The van der Waals surface area contributed by atoms with Gasteiger partial charge in [-0.2, -0.15) is 0 Å². The number of halogens is 1. The van der Waals surface area contributed by atoms with Crippen molar-refractivity contribution >= 4 is 27.5 Å². The fourth-order valence-corrected chi connectivity index (χ4v) is 1.90. The molecule has 1 aromatic rings. The quantitative estimate of drug-likeness (QED) is 0.670. The maximum Gasteiger partial charge on any atom is 0.161 e. The Kier molecular flexibility index (Phi) is 7.61. The smallest absolute Gasteiger partial charge is 0.161 e. The van der Waals surface area contributed by atoms with E-state index in [1.54, 1.807) is 6.92 Å². The molecule has 0 heterocycles. The van der Waals surface area contributed by atoms with Gasteiger partial charge >= 0.3 is 0 Å². The van der Waals surface area contributed by atoms with Crippen molar-refractivity contribution in [2.75, 3.05) is 0 Å². The summed E-state index contributed by atoms with van der Waals surface area (Å²) in [4.78, 5) is 16.2. The molecule has 19 heavy (non-hydrogen) atoms. The number of carbonyl (C=O) groups is 1. The Bertz CT molecular complexity index is 457. The van der Waals surface area contributed by atoms with E-state index in [2.05, 4.69) is 20.9 Å². The first-order valence-electron chi connectivity index (χ1n) is 6.51. The molecule has 0 aromatic heterocycles. The van der Waals surface area contributed by atoms with Crippen LogP contribution in [0, 0.1) is 0 Å². The van der Waals surface area contributed by atoms with E-state index in [9.17, 15) is 4.79 Å². The molecular weight excluding hydrogens is 304 g/mol. The van der Waals surface area contributed by atoms with Crippen LogP contribution in [0.15, 0.2) is 33.7 Å². The highest BCUT2D eigenvalue weighted by molar-refractivity contribution is 9.10. The molecule has 0 fully saturated rings. The summed E-state index contributed by atoms with van der Waals surface area (Å²) < 4.78 is 0.924. The van der Waals surface area contributed by atoms with Gasteiger partial charge in [0.05, 0.1) is 5.84 Å². The van der Waals surface area contributed by atoms with Crippen molar-refractivity contribution in [2.24, 2.45) is 10.7 Å². The van der Waals surface area contributed by atoms with Crippen LogP contribution in [-0.4, -0.2) is 11.6 Å². The molecular formula is C15H23BrN2O. The number of ketones is 1. The lowest BCUT2D eigenvalue weighted by Gasteiger charge is -2.23. The van der Waals surface area contributed by atoms with E-state index in [1.165, 1.54) is 6.92 Å². The number of hydrogen-bond donors (Lipinski definition) is 1. The van der Waals surface area contributed by atoms with Crippen LogP contribution in [0.4, 0.5) is 0 Å². The van der Waals surface area contributed by atoms with Crippen molar-refractivity contribution < 1.29 is 4.79 Å². The van der Waals surface area contributed by atoms with Crippen molar-refractivity contribution in [3.63, 3.8) is 0 Å². The topological polar surface area (TPSA) is 55.4 Å². The lowest BCUT2D eigenvalue weighted by atomic mass is 9.89. The predicted octanol–water partition coefficient (Wildman–Crippen LogP) is 4.05. The highest BCUT2D eigenvalue weighted by Gasteiger charge is 2.31. The third-order valence-corrected chi connectivity index (χ3v) is 3.29. The Balaban J connectivity index is 0.00000154. The number of hydrogen-bond acceptors (Lipinski definition) is 2. The third kappa shape index (κ3) is 4.78. The lowest BCUT2D eigenvalue weighted by Crippen LogP contribution is -2.31. The van der Waals surface area contributed by atoms with Crippen LogP contribution < -0.4 is 5.73 Å². The number of rotatable bonds is 4. The third-order valence-electron chi connectivity index (χ3n) is 2.80. The van der Waals surface area contributed by atoms with Crippen LogP contribution in [0.1, 0.15) is 46.6 Å². The minimum Gasteiger partial charge on any atom is -0.387 e. The van der Waals surface area contributed by atoms with Crippen molar-refractivity contribution in [3.05, 3.63) is 34.3 Å². The second kappa shape index (κ2) is 8.10. The molecule has 4 heteroatoms. The Morgan fingerprint density at radius 2 is 2.00 bits per heavy atom. The summed E-state index contributed by atoms with van der Waals surface area (Å²) in [5.41, 5.74) is 5.70. The average molecular weight is 327 g/mol. The number of aliphatic imine (C=N–C) groups is 1. The van der Waals surface area contributed by atoms with Crippen LogP contribution in [-0.2, 0) is 10.3 Å². The molecule has 0 aliphatic rings. The van der Waals surface area contributed by atoms with Gasteiger partial charge in [-0.1, -0.05) is 48.8 Å². The number of benzene rings is 1. The van der Waals surface area contributed by atoms with Crippen LogP contribution in [0.5, 0.6) is 0 Å². The zero-order chi connectivity index (χ0) is 15.1. The molecule has 2 N–H and O–H groups in total. The second-order valence-corrected chi connectivity index (χ2v) is 5.01. The minimum absolute atomic E-state index is 0.0213. The fraction of sp³-hybridized carbons (Fsp3) is 0.467. The largest absolute Gasteiger partial charge is 0.387 e. The first-order valence-corrected chi connectivity index (χ1v) is 7.30. The number of nitrogens with zero attached hydrogens (tertiary/aromatic N) is 1. The summed E-state index contributed by atoms with van der Waals surface area (Å²) in [5.74, 6) is 0.467. The number of carbonyl (C=O) groups excluding carboxylic acids is 1. The molecule has 1 atom stereocenters. The first kappa shape index (κ1) is 17.8. The molecule has 0 aliphatic carbocycles. The van der Waals surface area contributed by atoms with Gasteiger partial charge in [-0.3, -0.25) is 9.79 Å². The zero-order valence-corrected chi connectivity index (χ0v) is 13.9. The molecule has 0 radical (unpaired) electrons. The van der Waals surface area contributed by atoms with E-state index in [-0.39, 0.29) is 5.78 Å². The summed E-state index contributed by atoms with van der Waals surface area (Å²) in [6, 6.07) is 7.58. The minimum atomic E-state index is -0.899. The standard InChI is InChI=1S/C13H17BrN2O.C2H6/c1-4-12(15)16-13(3,9(2)17)10-6-5-7-11(14)8-10;1-2/h5-8H,4H2,1-3H3,(H2,15,16);1-2H3. The van der Waals surface area contributed by atoms with Gasteiger partial charge in [-0.15, -0.1) is 0 Å². The van der Waals surface area contributed by atoms with Crippen molar-refractivity contribution in [2.45, 2.75) is 46.6 Å². The van der Waals surface area contributed by atoms with Gasteiger partial charge < -0.3 is 5.73 Å². The monoisotopic (exact) mass is 326 g/mol. The number of nitrogens with two attached hydrogens (primary N) is 1. The molecule has 0 bridgehead atoms. The maximum absolute atomic E-state index is 11.9. The molecule has 106 valence electrons. The van der Waals surface area contributed by atoms with Crippen LogP contribution >= 0.6 is 15.9 Å². The number of Topliss-reactive ketones (excluding diaryl/α,β-unsaturated/α-hetero) is 1. The Hall–Kier alpha value is -1.16. The fourth-order valence-electron chi connectivity index (χ4n) is 1.50. The molecule has 1 aromatic carbocycles. The lowest BCUT2D eigenvalue weighted by molar-refractivity contribution is -0.121. The summed E-state index contributed by atoms with van der Waals surface area (Å²) >= 11 is 3.40. The van der Waals surface area contributed by atoms with Gasteiger partial charge in [0.1, 0.15) is 5.54 Å². The molecule has 0 saturated carbocycles. The Morgan fingerprint density at radius 1 is 1.42 bits per heavy atom. The first-order chi connectivity index (χ1) is 8.90. The van der Waals surface area contributed by atoms with Gasteiger partial charge in [0.25, 0.3) is 0 Å². The van der Waals surface area contributed by atoms with Crippen LogP contribution in [0.3, 0.4) is 0 Å². The molecule has 1 rings (SSSR count). The summed E-state index contributed by atoms with van der Waals surface area (Å²) in [5, 5.41) is 0. The van der Waals surface area contributed by atoms with Gasteiger partial charge in [0.2, 0.25) is 0 Å². The van der Waals surface area contributed by atoms with Gasteiger partial charge in [0.15, 0.2) is 5.78 Å². The highest BCUT2D eigenvalue weighted by Crippen LogP contribution is 2.28. The number of amidine groups is 1. The van der Waals surface area contributed by atoms with Gasteiger partial charge in [-0.25, -0.2) is 0 Å². The average Bonchev–Trinajstić information content (AvgIpc) is 2.40. The van der Waals surface area contributed by atoms with Crippen LogP contribution in [0.25, 0.3) is 0 Å². The maximum atomic E-state index is 11.9. The highest BCUT2D eigenvalue weighted by atomic mass is 79.9. The van der Waals surface area contributed by atoms with E-state index < -0.39 is 5.54 Å². The van der Waals surface area contributed by atoms with Crippen molar-refractivity contribution in [1.29, 1.82) is 0 Å². The Labute approximate surface area is 124 Å². The molecule has 0 amide bonds. The van der Waals surface area contributed by atoms with Crippen LogP contribution in [0.2, 0.25) is 0 Å². The molecule has 0 spiro atoms. The normalized spacial score (nSPS) is 14.1. The molecule has 0 aliphatic heterocycles. The van der Waals surface area contributed by atoms with E-state index in [4.69, 9.17) is 5.73 Å². The second-order valence-electron chi connectivity index (χ2n) is 4.10. The van der Waals surface area contributed by atoms with E-state index in [1.807, 2.05) is 45.0 Å². The van der Waals surface area contributed by atoms with E-state index in [0.717, 1.165) is 10.0 Å². The predicted molar refractivity (Wildman–Crippen MR) is 85.4 cm³/mol. The summed E-state index contributed by atoms with van der Waals surface area (Å²) in [6.45, 7) is 9.24. The molecule has 3 nitrogen and oxygen atoms in total. The van der Waals surface area contributed by atoms with Crippen molar-refractivity contribution in [1.82, 2.24) is 0 Å². The zero-order valence-electron chi connectivity index (χ0n) is 12.3. The van der Waals surface area contributed by atoms with Gasteiger partial charge in [0, 0.05) is 10.9 Å². The Morgan fingerprint density at radius 3 is 2.42 bits per heavy atom.